The Balaban J connectivity index is 1.94. The lowest BCUT2D eigenvalue weighted by Gasteiger charge is -2.12. The Kier molecular flexibility index (Phi) is 8.12. The summed E-state index contributed by atoms with van der Waals surface area (Å²) in [6.07, 6.45) is 7.10. The SMILES string of the molecule is CC(C)COc1ccc(-c2cn(C)cc(-c3cccc(OC/C=C/CCl)c3)c2=O)cc1F. The van der Waals surface area contributed by atoms with E-state index in [1.165, 1.54) is 6.07 Å². The van der Waals surface area contributed by atoms with Crippen LogP contribution in [0.2, 0.25) is 0 Å². The van der Waals surface area contributed by atoms with Crippen molar-refractivity contribution in [3.05, 3.63) is 83.1 Å². The molecule has 32 heavy (non-hydrogen) atoms. The summed E-state index contributed by atoms with van der Waals surface area (Å²) in [7, 11) is 1.83. The van der Waals surface area contributed by atoms with Crippen LogP contribution in [-0.2, 0) is 7.05 Å². The van der Waals surface area contributed by atoms with Gasteiger partial charge < -0.3 is 14.0 Å². The lowest BCUT2D eigenvalue weighted by molar-refractivity contribution is 0.259. The predicted molar refractivity (Wildman–Crippen MR) is 128 cm³/mol. The molecule has 0 spiro atoms. The molecule has 0 amide bonds. The van der Waals surface area contributed by atoms with Crippen molar-refractivity contribution in [2.24, 2.45) is 13.0 Å². The first-order valence-electron chi connectivity index (χ1n) is 10.5. The lowest BCUT2D eigenvalue weighted by Crippen LogP contribution is -2.12. The second-order valence-corrected chi connectivity index (χ2v) is 8.20. The van der Waals surface area contributed by atoms with Crippen LogP contribution in [0.3, 0.4) is 0 Å². The fourth-order valence-electron chi connectivity index (χ4n) is 3.19. The van der Waals surface area contributed by atoms with E-state index in [2.05, 4.69) is 0 Å². The van der Waals surface area contributed by atoms with Crippen LogP contribution < -0.4 is 14.9 Å². The number of aromatic nitrogens is 1. The van der Waals surface area contributed by atoms with Crippen LogP contribution in [0.25, 0.3) is 22.3 Å². The highest BCUT2D eigenvalue weighted by Crippen LogP contribution is 2.27. The number of hydrogen-bond acceptors (Lipinski definition) is 3. The Morgan fingerprint density at radius 1 is 1.03 bits per heavy atom. The van der Waals surface area contributed by atoms with Gasteiger partial charge in [0.25, 0.3) is 0 Å². The van der Waals surface area contributed by atoms with E-state index in [-0.39, 0.29) is 17.1 Å². The fraction of sp³-hybridized carbons (Fsp3) is 0.269. The summed E-state index contributed by atoms with van der Waals surface area (Å²) in [4.78, 5) is 13.3. The molecule has 1 heterocycles. The molecular weight excluding hydrogens is 429 g/mol. The number of hydrogen-bond donors (Lipinski definition) is 0. The third-order valence-electron chi connectivity index (χ3n) is 4.72. The van der Waals surface area contributed by atoms with E-state index in [4.69, 9.17) is 21.1 Å². The van der Waals surface area contributed by atoms with E-state index in [0.717, 1.165) is 5.56 Å². The molecule has 1 aromatic heterocycles. The van der Waals surface area contributed by atoms with Gasteiger partial charge in [-0.15, -0.1) is 11.6 Å². The number of halogens is 2. The average molecular weight is 456 g/mol. The van der Waals surface area contributed by atoms with Crippen molar-refractivity contribution in [1.82, 2.24) is 4.57 Å². The summed E-state index contributed by atoms with van der Waals surface area (Å²) < 4.78 is 27.6. The Hall–Kier alpha value is -3.05. The van der Waals surface area contributed by atoms with Crippen molar-refractivity contribution in [3.63, 3.8) is 0 Å². The van der Waals surface area contributed by atoms with Crippen molar-refractivity contribution >= 4 is 11.6 Å². The summed E-state index contributed by atoms with van der Waals surface area (Å²) in [5, 5.41) is 0. The first kappa shape index (κ1) is 23.6. The highest BCUT2D eigenvalue weighted by Gasteiger charge is 2.14. The zero-order chi connectivity index (χ0) is 23.1. The molecule has 2 aromatic carbocycles. The van der Waals surface area contributed by atoms with Crippen LogP contribution >= 0.6 is 11.6 Å². The average Bonchev–Trinajstić information content (AvgIpc) is 2.77. The lowest BCUT2D eigenvalue weighted by atomic mass is 10.0. The quantitative estimate of drug-likeness (QED) is 0.290. The first-order valence-corrected chi connectivity index (χ1v) is 11.0. The summed E-state index contributed by atoms with van der Waals surface area (Å²) in [5.41, 5.74) is 1.96. The van der Waals surface area contributed by atoms with E-state index >= 15 is 0 Å². The summed E-state index contributed by atoms with van der Waals surface area (Å²) >= 11 is 5.62. The number of aryl methyl sites for hydroxylation is 1. The van der Waals surface area contributed by atoms with Crippen LogP contribution in [0, 0.1) is 11.7 Å². The minimum atomic E-state index is -0.490. The normalized spacial score (nSPS) is 11.3. The van der Waals surface area contributed by atoms with Gasteiger partial charge >= 0.3 is 0 Å². The maximum absolute atomic E-state index is 14.6. The van der Waals surface area contributed by atoms with Gasteiger partial charge in [-0.3, -0.25) is 4.79 Å². The van der Waals surface area contributed by atoms with Gasteiger partial charge in [-0.05, 0) is 41.3 Å². The molecule has 3 rings (SSSR count). The molecule has 0 unspecified atom stereocenters. The predicted octanol–water partition coefficient (Wildman–Crippen LogP) is 6.07. The van der Waals surface area contributed by atoms with Crippen molar-refractivity contribution in [3.8, 4) is 33.8 Å². The number of ether oxygens (including phenoxy) is 2. The standard InChI is InChI=1S/C26H27ClFNO3/c1-18(2)17-32-25-10-9-20(14-24(25)28)23-16-29(3)15-22(26(23)30)19-7-6-8-21(13-19)31-12-5-4-11-27/h4-10,13-16,18H,11-12,17H2,1-3H3/b5-4+. The molecule has 0 radical (unpaired) electrons. The number of benzene rings is 2. The minimum Gasteiger partial charge on any atom is -0.490 e. The van der Waals surface area contributed by atoms with E-state index in [9.17, 15) is 9.18 Å². The smallest absolute Gasteiger partial charge is 0.197 e. The topological polar surface area (TPSA) is 40.5 Å². The molecule has 0 saturated carbocycles. The molecule has 0 aliphatic heterocycles. The molecule has 0 atom stereocenters. The van der Waals surface area contributed by atoms with E-state index in [1.54, 1.807) is 29.1 Å². The van der Waals surface area contributed by atoms with E-state index in [0.29, 0.717) is 41.5 Å². The Morgan fingerprint density at radius 2 is 1.75 bits per heavy atom. The van der Waals surface area contributed by atoms with Crippen molar-refractivity contribution in [2.75, 3.05) is 19.1 Å². The number of nitrogens with zero attached hydrogens (tertiary/aromatic N) is 1. The first-order chi connectivity index (χ1) is 15.4. The molecule has 0 N–H and O–H groups in total. The van der Waals surface area contributed by atoms with Crippen LogP contribution in [0.5, 0.6) is 11.5 Å². The molecule has 4 nitrogen and oxygen atoms in total. The van der Waals surface area contributed by atoms with Gasteiger partial charge in [0.05, 0.1) is 6.61 Å². The number of allylic oxidation sites excluding steroid dienone is 1. The number of pyridine rings is 1. The molecule has 0 bridgehead atoms. The highest BCUT2D eigenvalue weighted by molar-refractivity contribution is 6.18. The largest absolute Gasteiger partial charge is 0.490 e. The van der Waals surface area contributed by atoms with Gasteiger partial charge in [0.15, 0.2) is 17.0 Å². The minimum absolute atomic E-state index is 0.183. The molecule has 3 aromatic rings. The molecule has 6 heteroatoms. The van der Waals surface area contributed by atoms with Crippen molar-refractivity contribution in [2.45, 2.75) is 13.8 Å². The maximum atomic E-state index is 14.6. The highest BCUT2D eigenvalue weighted by atomic mass is 35.5. The van der Waals surface area contributed by atoms with Crippen LogP contribution in [-0.4, -0.2) is 23.7 Å². The van der Waals surface area contributed by atoms with Crippen molar-refractivity contribution < 1.29 is 13.9 Å². The summed E-state index contributed by atoms with van der Waals surface area (Å²) in [6.45, 7) is 4.81. The third-order valence-corrected chi connectivity index (χ3v) is 4.89. The van der Waals surface area contributed by atoms with Gasteiger partial charge in [-0.25, -0.2) is 4.39 Å². The third kappa shape index (κ3) is 6.01. The Labute approximate surface area is 192 Å². The zero-order valence-corrected chi connectivity index (χ0v) is 19.2. The van der Waals surface area contributed by atoms with Gasteiger partial charge in [-0.2, -0.15) is 0 Å². The second-order valence-electron chi connectivity index (χ2n) is 7.89. The summed E-state index contributed by atoms with van der Waals surface area (Å²) in [6, 6.07) is 12.0. The maximum Gasteiger partial charge on any atom is 0.197 e. The van der Waals surface area contributed by atoms with Gasteiger partial charge in [0.2, 0.25) is 0 Å². The fourth-order valence-corrected chi connectivity index (χ4v) is 3.31. The van der Waals surface area contributed by atoms with Gasteiger partial charge in [0, 0.05) is 36.4 Å². The number of alkyl halides is 1. The van der Waals surface area contributed by atoms with Crippen molar-refractivity contribution in [1.29, 1.82) is 0 Å². The second kappa shape index (κ2) is 11.0. The monoisotopic (exact) mass is 455 g/mol. The van der Waals surface area contributed by atoms with E-state index in [1.807, 2.05) is 57.3 Å². The molecular formula is C26H27ClFNO3. The summed E-state index contributed by atoms with van der Waals surface area (Å²) in [5.74, 6) is 1.05. The van der Waals surface area contributed by atoms with Crippen LogP contribution in [0.1, 0.15) is 13.8 Å². The molecule has 0 fully saturated rings. The molecule has 0 saturated heterocycles. The van der Waals surface area contributed by atoms with Gasteiger partial charge in [0.1, 0.15) is 12.4 Å². The molecule has 0 aliphatic carbocycles. The molecule has 0 aliphatic rings. The Bertz CT molecular complexity index is 1150. The van der Waals surface area contributed by atoms with Gasteiger partial charge in [-0.1, -0.05) is 44.2 Å². The zero-order valence-electron chi connectivity index (χ0n) is 18.5. The Morgan fingerprint density at radius 3 is 2.41 bits per heavy atom. The molecule has 168 valence electrons. The number of rotatable bonds is 9. The van der Waals surface area contributed by atoms with Crippen LogP contribution in [0.4, 0.5) is 4.39 Å². The van der Waals surface area contributed by atoms with Crippen LogP contribution in [0.15, 0.2) is 71.8 Å². The van der Waals surface area contributed by atoms with E-state index < -0.39 is 5.82 Å².